The predicted molar refractivity (Wildman–Crippen MR) is 81.8 cm³/mol. The van der Waals surface area contributed by atoms with Crippen LogP contribution in [0.4, 0.5) is 0 Å². The van der Waals surface area contributed by atoms with Crippen LogP contribution >= 0.6 is 22.9 Å². The molecular weight excluding hydrogens is 296 g/mol. The first-order valence-corrected chi connectivity index (χ1v) is 7.15. The minimum Gasteiger partial charge on any atom is -0.506 e. The smallest absolute Gasteiger partial charge is 0.259 e. The second-order valence-electron chi connectivity index (χ2n) is 4.55. The van der Waals surface area contributed by atoms with Gasteiger partial charge in [-0.3, -0.25) is 4.79 Å². The average Bonchev–Trinajstić information content (AvgIpc) is 2.70. The molecule has 0 amide bonds. The highest BCUT2D eigenvalue weighted by atomic mass is 35.5. The number of hydrogen-bond acceptors (Lipinski definition) is 4. The van der Waals surface area contributed by atoms with Gasteiger partial charge in [0.15, 0.2) is 0 Å². The number of aromatic hydroxyl groups is 1. The third-order valence-electron chi connectivity index (χ3n) is 3.13. The second-order valence-corrected chi connectivity index (χ2v) is 5.96. The van der Waals surface area contributed by atoms with Crippen LogP contribution in [0.5, 0.6) is 5.75 Å². The summed E-state index contributed by atoms with van der Waals surface area (Å²) in [4.78, 5) is 20.7. The van der Waals surface area contributed by atoms with Gasteiger partial charge in [0.1, 0.15) is 16.4 Å². The van der Waals surface area contributed by atoms with Gasteiger partial charge < -0.3 is 10.1 Å². The molecule has 0 aliphatic carbocycles. The molecule has 0 radical (unpaired) electrons. The molecule has 2 heterocycles. The second kappa shape index (κ2) is 4.61. The van der Waals surface area contributed by atoms with Gasteiger partial charge in [0.25, 0.3) is 5.56 Å². The molecule has 0 saturated heterocycles. The van der Waals surface area contributed by atoms with E-state index in [9.17, 15) is 9.90 Å². The van der Waals surface area contributed by atoms with Crippen molar-refractivity contribution in [1.82, 2.24) is 9.97 Å². The first-order chi connectivity index (χ1) is 9.47. The Labute approximate surface area is 123 Å². The SMILES string of the molecule is Cc1nc2sc(-c3ccc(Cl)c(O)c3)c(C)c2c(=O)[nH]1. The number of thiophene rings is 1. The van der Waals surface area contributed by atoms with Crippen LogP contribution in [0.15, 0.2) is 23.0 Å². The van der Waals surface area contributed by atoms with Gasteiger partial charge in [-0.05, 0) is 37.1 Å². The molecule has 2 aromatic heterocycles. The van der Waals surface area contributed by atoms with Crippen molar-refractivity contribution in [2.24, 2.45) is 0 Å². The summed E-state index contributed by atoms with van der Waals surface area (Å²) in [6.07, 6.45) is 0. The molecule has 3 aromatic rings. The highest BCUT2D eigenvalue weighted by Gasteiger charge is 2.15. The van der Waals surface area contributed by atoms with Crippen molar-refractivity contribution in [3.63, 3.8) is 0 Å². The fourth-order valence-electron chi connectivity index (χ4n) is 2.18. The average molecular weight is 307 g/mol. The van der Waals surface area contributed by atoms with Crippen molar-refractivity contribution in [2.45, 2.75) is 13.8 Å². The molecule has 0 fully saturated rings. The quantitative estimate of drug-likeness (QED) is 0.721. The van der Waals surface area contributed by atoms with E-state index in [1.54, 1.807) is 19.1 Å². The maximum Gasteiger partial charge on any atom is 0.259 e. The van der Waals surface area contributed by atoms with Gasteiger partial charge in [0.05, 0.1) is 10.4 Å². The van der Waals surface area contributed by atoms with Gasteiger partial charge in [-0.1, -0.05) is 17.7 Å². The Morgan fingerprint density at radius 2 is 2.10 bits per heavy atom. The summed E-state index contributed by atoms with van der Waals surface area (Å²) in [6, 6.07) is 5.06. The molecule has 3 rings (SSSR count). The Morgan fingerprint density at radius 1 is 1.35 bits per heavy atom. The van der Waals surface area contributed by atoms with Crippen LogP contribution in [0.1, 0.15) is 11.4 Å². The fourth-order valence-corrected chi connectivity index (χ4v) is 3.52. The zero-order valence-corrected chi connectivity index (χ0v) is 12.4. The van der Waals surface area contributed by atoms with Gasteiger partial charge >= 0.3 is 0 Å². The molecule has 0 bridgehead atoms. The monoisotopic (exact) mass is 306 g/mol. The molecule has 0 saturated carbocycles. The maximum atomic E-state index is 12.0. The van der Waals surface area contributed by atoms with E-state index in [2.05, 4.69) is 9.97 Å². The molecule has 0 aliphatic heterocycles. The van der Waals surface area contributed by atoms with Gasteiger partial charge in [0, 0.05) is 4.88 Å². The summed E-state index contributed by atoms with van der Waals surface area (Å²) in [5, 5.41) is 10.6. The van der Waals surface area contributed by atoms with Gasteiger partial charge in [-0.2, -0.15) is 0 Å². The minimum atomic E-state index is -0.134. The Balaban J connectivity index is 2.32. The van der Waals surface area contributed by atoms with Crippen LogP contribution in [0, 0.1) is 13.8 Å². The van der Waals surface area contributed by atoms with Crippen molar-refractivity contribution in [2.75, 3.05) is 0 Å². The summed E-state index contributed by atoms with van der Waals surface area (Å²) >= 11 is 7.25. The summed E-state index contributed by atoms with van der Waals surface area (Å²) < 4.78 is 0. The van der Waals surface area contributed by atoms with Crippen LogP contribution in [0.3, 0.4) is 0 Å². The van der Waals surface area contributed by atoms with Crippen molar-refractivity contribution in [1.29, 1.82) is 0 Å². The van der Waals surface area contributed by atoms with E-state index in [0.717, 1.165) is 16.0 Å². The molecule has 2 N–H and O–H groups in total. The third-order valence-corrected chi connectivity index (χ3v) is 4.68. The molecule has 4 nitrogen and oxygen atoms in total. The van der Waals surface area contributed by atoms with Crippen LogP contribution in [0.25, 0.3) is 20.7 Å². The van der Waals surface area contributed by atoms with Crippen LogP contribution in [0.2, 0.25) is 5.02 Å². The van der Waals surface area contributed by atoms with Crippen molar-refractivity contribution < 1.29 is 5.11 Å². The van der Waals surface area contributed by atoms with E-state index < -0.39 is 0 Å². The summed E-state index contributed by atoms with van der Waals surface area (Å²) in [6.45, 7) is 3.63. The summed E-state index contributed by atoms with van der Waals surface area (Å²) in [5.41, 5.74) is 1.55. The van der Waals surface area contributed by atoms with E-state index in [1.165, 1.54) is 11.3 Å². The molecule has 1 aromatic carbocycles. The van der Waals surface area contributed by atoms with Gasteiger partial charge in [0.2, 0.25) is 0 Å². The molecular formula is C14H11ClN2O2S. The van der Waals surface area contributed by atoms with Crippen molar-refractivity contribution >= 4 is 33.2 Å². The lowest BCUT2D eigenvalue weighted by Crippen LogP contribution is -2.08. The van der Waals surface area contributed by atoms with E-state index in [4.69, 9.17) is 11.6 Å². The molecule has 0 spiro atoms. The zero-order chi connectivity index (χ0) is 14.4. The molecule has 0 atom stereocenters. The lowest BCUT2D eigenvalue weighted by atomic mass is 10.1. The number of phenols is 1. The number of fused-ring (bicyclic) bond motifs is 1. The van der Waals surface area contributed by atoms with E-state index in [-0.39, 0.29) is 11.3 Å². The fraction of sp³-hybridized carbons (Fsp3) is 0.143. The number of nitrogens with one attached hydrogen (secondary N) is 1. The number of aryl methyl sites for hydroxylation is 2. The van der Waals surface area contributed by atoms with E-state index in [0.29, 0.717) is 21.1 Å². The molecule has 6 heteroatoms. The van der Waals surface area contributed by atoms with Crippen molar-refractivity contribution in [3.8, 4) is 16.2 Å². The third kappa shape index (κ3) is 1.99. The minimum absolute atomic E-state index is 0.0269. The normalized spacial score (nSPS) is 11.2. The van der Waals surface area contributed by atoms with Crippen LogP contribution < -0.4 is 5.56 Å². The Bertz CT molecular complexity index is 883. The zero-order valence-electron chi connectivity index (χ0n) is 10.8. The Kier molecular flexibility index (Phi) is 3.03. The number of rotatable bonds is 1. The van der Waals surface area contributed by atoms with E-state index in [1.807, 2.05) is 13.0 Å². The molecule has 20 heavy (non-hydrogen) atoms. The van der Waals surface area contributed by atoms with Crippen LogP contribution in [-0.4, -0.2) is 15.1 Å². The van der Waals surface area contributed by atoms with E-state index >= 15 is 0 Å². The highest BCUT2D eigenvalue weighted by molar-refractivity contribution is 7.22. The standard InChI is InChI=1S/C14H11ClN2O2S/c1-6-11-13(19)16-7(2)17-14(11)20-12(6)8-3-4-9(15)10(18)5-8/h3-5,18H,1-2H3,(H,16,17,19). The highest BCUT2D eigenvalue weighted by Crippen LogP contribution is 2.38. The number of aromatic amines is 1. The summed E-state index contributed by atoms with van der Waals surface area (Å²) in [5.74, 6) is 0.619. The molecule has 0 aliphatic rings. The van der Waals surface area contributed by atoms with Crippen molar-refractivity contribution in [3.05, 3.63) is 45.0 Å². The first kappa shape index (κ1) is 13.1. The Hall–Kier alpha value is -1.85. The first-order valence-electron chi connectivity index (χ1n) is 5.96. The maximum absolute atomic E-state index is 12.0. The van der Waals surface area contributed by atoms with Crippen LogP contribution in [-0.2, 0) is 0 Å². The number of nitrogens with zero attached hydrogens (tertiary/aromatic N) is 1. The number of aromatic nitrogens is 2. The summed E-state index contributed by atoms with van der Waals surface area (Å²) in [7, 11) is 0. The topological polar surface area (TPSA) is 66.0 Å². The molecule has 0 unspecified atom stereocenters. The Morgan fingerprint density at radius 3 is 2.80 bits per heavy atom. The number of H-pyrrole nitrogens is 1. The number of halogens is 1. The molecule has 102 valence electrons. The number of hydrogen-bond donors (Lipinski definition) is 2. The predicted octanol–water partition coefficient (Wildman–Crippen LogP) is 3.63. The lowest BCUT2D eigenvalue weighted by Gasteiger charge is -2.02. The number of benzene rings is 1. The lowest BCUT2D eigenvalue weighted by molar-refractivity contribution is 0.476. The van der Waals surface area contributed by atoms with Gasteiger partial charge in [-0.15, -0.1) is 11.3 Å². The van der Waals surface area contributed by atoms with Gasteiger partial charge in [-0.25, -0.2) is 4.98 Å². The number of phenolic OH excluding ortho intramolecular Hbond substituents is 1. The largest absolute Gasteiger partial charge is 0.506 e.